The molecule has 0 saturated carbocycles. The second-order valence-corrected chi connectivity index (χ2v) is 8.50. The molecule has 0 radical (unpaired) electrons. The molecule has 3 rings (SSSR count). The van der Waals surface area contributed by atoms with Crippen LogP contribution in [-0.4, -0.2) is 10.7 Å². The Bertz CT molecular complexity index is 1090. The van der Waals surface area contributed by atoms with Crippen molar-refractivity contribution in [3.63, 3.8) is 0 Å². The molecule has 0 atom stereocenters. The molecule has 5 nitrogen and oxygen atoms in total. The summed E-state index contributed by atoms with van der Waals surface area (Å²) in [7, 11) is 0. The Morgan fingerprint density at radius 2 is 1.76 bits per heavy atom. The maximum atomic E-state index is 12.4. The van der Waals surface area contributed by atoms with E-state index in [2.05, 4.69) is 36.7 Å². The van der Waals surface area contributed by atoms with Gasteiger partial charge in [-0.1, -0.05) is 45.0 Å². The van der Waals surface area contributed by atoms with E-state index in [-0.39, 0.29) is 16.9 Å². The highest BCUT2D eigenvalue weighted by molar-refractivity contribution is 9.10. The number of carbonyl (C=O) groups is 1. The van der Waals surface area contributed by atoms with Crippen molar-refractivity contribution in [2.75, 3.05) is 0 Å². The molecule has 0 spiro atoms. The minimum absolute atomic E-state index is 0.00428. The van der Waals surface area contributed by atoms with Crippen LogP contribution in [0.25, 0.3) is 17.4 Å². The van der Waals surface area contributed by atoms with Gasteiger partial charge in [0.1, 0.15) is 11.5 Å². The molecule has 0 amide bonds. The summed E-state index contributed by atoms with van der Waals surface area (Å²) in [5, 5.41) is 10.9. The number of nitrogens with zero attached hydrogens (tertiary/aromatic N) is 1. The first-order valence-corrected chi connectivity index (χ1v) is 9.81. The third-order valence-electron chi connectivity index (χ3n) is 4.49. The van der Waals surface area contributed by atoms with Gasteiger partial charge >= 0.3 is 0 Å². The zero-order valence-electron chi connectivity index (χ0n) is 16.3. The number of ketones is 1. The second-order valence-electron chi connectivity index (χ2n) is 7.65. The van der Waals surface area contributed by atoms with Crippen LogP contribution < -0.4 is 0 Å². The Hall–Kier alpha value is -2.99. The summed E-state index contributed by atoms with van der Waals surface area (Å²) < 4.78 is 6.32. The third-order valence-corrected chi connectivity index (χ3v) is 5.15. The van der Waals surface area contributed by atoms with Crippen molar-refractivity contribution in [1.82, 2.24) is 0 Å². The Labute approximate surface area is 177 Å². The fourth-order valence-electron chi connectivity index (χ4n) is 2.79. The van der Waals surface area contributed by atoms with E-state index in [9.17, 15) is 14.9 Å². The van der Waals surface area contributed by atoms with E-state index < -0.39 is 4.92 Å². The number of nitro benzene ring substituents is 1. The average Bonchev–Trinajstić information content (AvgIpc) is 3.14. The van der Waals surface area contributed by atoms with Crippen LogP contribution in [-0.2, 0) is 5.41 Å². The lowest BCUT2D eigenvalue weighted by Gasteiger charge is -2.18. The van der Waals surface area contributed by atoms with E-state index >= 15 is 0 Å². The van der Waals surface area contributed by atoms with Crippen LogP contribution in [0, 0.1) is 10.1 Å². The molecular formula is C23H20BrNO4. The third kappa shape index (κ3) is 4.90. The number of hydrogen-bond donors (Lipinski definition) is 0. The van der Waals surface area contributed by atoms with E-state index in [0.717, 1.165) is 0 Å². The second kappa shape index (κ2) is 8.17. The van der Waals surface area contributed by atoms with Crippen molar-refractivity contribution < 1.29 is 14.1 Å². The molecule has 2 aromatic carbocycles. The molecule has 0 aliphatic heterocycles. The molecule has 3 aromatic rings. The van der Waals surface area contributed by atoms with E-state index in [1.807, 2.05) is 24.3 Å². The van der Waals surface area contributed by atoms with Gasteiger partial charge in [-0.15, -0.1) is 0 Å². The molecule has 0 aliphatic rings. The van der Waals surface area contributed by atoms with Gasteiger partial charge in [0.25, 0.3) is 5.69 Å². The first-order valence-electron chi connectivity index (χ1n) is 9.02. The van der Waals surface area contributed by atoms with Crippen molar-refractivity contribution in [3.8, 4) is 11.3 Å². The minimum atomic E-state index is -0.454. The largest absolute Gasteiger partial charge is 0.457 e. The monoisotopic (exact) mass is 453 g/mol. The van der Waals surface area contributed by atoms with Crippen molar-refractivity contribution in [3.05, 3.63) is 92.1 Å². The summed E-state index contributed by atoms with van der Waals surface area (Å²) in [4.78, 5) is 22.8. The standard InChI is InChI=1S/C23H20BrNO4/c1-23(2,3)16-6-4-15(5-7-16)21(26)12-9-18-10-13-22(29-18)19-11-8-17(25(27)28)14-20(19)24/h4-14H,1-3H3. The molecule has 148 valence electrons. The van der Waals surface area contributed by atoms with Gasteiger partial charge in [-0.2, -0.15) is 0 Å². The molecule has 1 aromatic heterocycles. The van der Waals surface area contributed by atoms with Crippen molar-refractivity contribution >= 4 is 33.5 Å². The Kier molecular flexibility index (Phi) is 5.84. The highest BCUT2D eigenvalue weighted by Crippen LogP contribution is 2.32. The first kappa shape index (κ1) is 20.7. The zero-order chi connectivity index (χ0) is 21.2. The van der Waals surface area contributed by atoms with Gasteiger partial charge in [-0.05, 0) is 57.3 Å². The maximum absolute atomic E-state index is 12.4. The molecule has 0 fully saturated rings. The summed E-state index contributed by atoms with van der Waals surface area (Å²) >= 11 is 3.34. The summed E-state index contributed by atoms with van der Waals surface area (Å²) in [5.41, 5.74) is 2.50. The van der Waals surface area contributed by atoms with Crippen LogP contribution in [0.5, 0.6) is 0 Å². The van der Waals surface area contributed by atoms with E-state index in [1.54, 1.807) is 24.3 Å². The predicted octanol–water partition coefficient (Wildman–Crippen LogP) is 6.81. The molecule has 6 heteroatoms. The lowest BCUT2D eigenvalue weighted by Crippen LogP contribution is -2.11. The number of nitro groups is 1. The number of hydrogen-bond acceptors (Lipinski definition) is 4. The summed E-state index contributed by atoms with van der Waals surface area (Å²) in [6.07, 6.45) is 3.09. The maximum Gasteiger partial charge on any atom is 0.270 e. The molecule has 29 heavy (non-hydrogen) atoms. The Balaban J connectivity index is 1.75. The Morgan fingerprint density at radius 3 is 2.34 bits per heavy atom. The SMILES string of the molecule is CC(C)(C)c1ccc(C(=O)C=Cc2ccc(-c3ccc([N+](=O)[O-])cc3Br)o2)cc1. The quantitative estimate of drug-likeness (QED) is 0.184. The van der Waals surface area contributed by atoms with Crippen LogP contribution in [0.15, 0.2) is 69.6 Å². The summed E-state index contributed by atoms with van der Waals surface area (Å²) in [6, 6.07) is 15.6. The van der Waals surface area contributed by atoms with Crippen LogP contribution in [0.1, 0.15) is 42.5 Å². The van der Waals surface area contributed by atoms with E-state index in [0.29, 0.717) is 27.1 Å². The number of non-ortho nitro benzene ring substituents is 1. The van der Waals surface area contributed by atoms with Crippen molar-refractivity contribution in [2.45, 2.75) is 26.2 Å². The first-order chi connectivity index (χ1) is 13.6. The number of rotatable bonds is 5. The van der Waals surface area contributed by atoms with E-state index in [1.165, 1.54) is 23.8 Å². The van der Waals surface area contributed by atoms with Crippen LogP contribution in [0.2, 0.25) is 0 Å². The molecular weight excluding hydrogens is 434 g/mol. The molecule has 0 bridgehead atoms. The molecule has 0 N–H and O–H groups in total. The van der Waals surface area contributed by atoms with Gasteiger partial charge < -0.3 is 4.42 Å². The molecule has 0 aliphatic carbocycles. The highest BCUT2D eigenvalue weighted by atomic mass is 79.9. The van der Waals surface area contributed by atoms with Crippen LogP contribution in [0.3, 0.4) is 0 Å². The summed E-state index contributed by atoms with van der Waals surface area (Å²) in [5.74, 6) is 0.957. The summed E-state index contributed by atoms with van der Waals surface area (Å²) in [6.45, 7) is 6.38. The molecule has 0 unspecified atom stereocenters. The normalized spacial score (nSPS) is 11.7. The van der Waals surface area contributed by atoms with E-state index in [4.69, 9.17) is 4.42 Å². The minimum Gasteiger partial charge on any atom is -0.457 e. The number of halogens is 1. The lowest BCUT2D eigenvalue weighted by molar-refractivity contribution is -0.384. The smallest absolute Gasteiger partial charge is 0.270 e. The lowest BCUT2D eigenvalue weighted by atomic mass is 9.86. The number of benzene rings is 2. The van der Waals surface area contributed by atoms with Gasteiger partial charge in [0.05, 0.1) is 4.92 Å². The molecule has 0 saturated heterocycles. The Morgan fingerprint density at radius 1 is 1.07 bits per heavy atom. The van der Waals surface area contributed by atoms with Crippen LogP contribution in [0.4, 0.5) is 5.69 Å². The number of furan rings is 1. The van der Waals surface area contributed by atoms with Gasteiger partial charge in [-0.25, -0.2) is 0 Å². The fraction of sp³-hybridized carbons (Fsp3) is 0.174. The van der Waals surface area contributed by atoms with Crippen molar-refractivity contribution in [1.29, 1.82) is 0 Å². The van der Waals surface area contributed by atoms with Gasteiger partial charge in [0.15, 0.2) is 5.78 Å². The average molecular weight is 454 g/mol. The number of carbonyl (C=O) groups excluding carboxylic acids is 1. The topological polar surface area (TPSA) is 73.3 Å². The number of allylic oxidation sites excluding steroid dienone is 1. The fourth-order valence-corrected chi connectivity index (χ4v) is 3.36. The highest BCUT2D eigenvalue weighted by Gasteiger charge is 2.14. The predicted molar refractivity (Wildman–Crippen MR) is 117 cm³/mol. The molecule has 1 heterocycles. The van der Waals surface area contributed by atoms with Crippen LogP contribution >= 0.6 is 15.9 Å². The zero-order valence-corrected chi connectivity index (χ0v) is 17.9. The van der Waals surface area contributed by atoms with Gasteiger partial charge in [0, 0.05) is 27.7 Å². The van der Waals surface area contributed by atoms with Crippen molar-refractivity contribution in [2.24, 2.45) is 0 Å². The van der Waals surface area contributed by atoms with Gasteiger partial charge in [0.2, 0.25) is 0 Å². The van der Waals surface area contributed by atoms with Gasteiger partial charge in [-0.3, -0.25) is 14.9 Å².